The third-order valence-corrected chi connectivity index (χ3v) is 5.08. The quantitative estimate of drug-likeness (QED) is 0.619. The number of piperidine rings is 1. The van der Waals surface area contributed by atoms with E-state index < -0.39 is 0 Å². The van der Waals surface area contributed by atoms with E-state index in [0.29, 0.717) is 47.1 Å². The number of hydrogen-bond donors (Lipinski definition) is 1. The number of nitrogens with one attached hydrogen (secondary N) is 1. The van der Waals surface area contributed by atoms with E-state index in [1.807, 2.05) is 18.2 Å². The zero-order chi connectivity index (χ0) is 19.2. The first kappa shape index (κ1) is 19.4. The van der Waals surface area contributed by atoms with Crippen molar-refractivity contribution in [2.45, 2.75) is 12.8 Å². The Labute approximate surface area is 168 Å². The number of amides is 2. The first-order valence-corrected chi connectivity index (χ1v) is 9.42. The molecule has 5 nitrogen and oxygen atoms in total. The first-order valence-electron chi connectivity index (χ1n) is 8.67. The van der Waals surface area contributed by atoms with Crippen LogP contribution in [-0.2, 0) is 4.79 Å². The van der Waals surface area contributed by atoms with Gasteiger partial charge in [-0.05, 0) is 37.1 Å². The van der Waals surface area contributed by atoms with Crippen molar-refractivity contribution in [3.05, 3.63) is 69.7 Å². The highest BCUT2D eigenvalue weighted by Gasteiger charge is 2.27. The highest BCUT2D eigenvalue weighted by Crippen LogP contribution is 2.20. The van der Waals surface area contributed by atoms with Crippen molar-refractivity contribution in [2.24, 2.45) is 11.0 Å². The smallest absolute Gasteiger partial charge is 0.253 e. The molecule has 0 radical (unpaired) electrons. The Hall–Kier alpha value is -2.37. The molecular formula is C20H19Cl2N3O2. The number of carbonyl (C=O) groups is 2. The largest absolute Gasteiger partial charge is 0.339 e. The number of benzene rings is 2. The number of hydrogen-bond acceptors (Lipinski definition) is 3. The third kappa shape index (κ3) is 5.08. The fourth-order valence-electron chi connectivity index (χ4n) is 2.97. The summed E-state index contributed by atoms with van der Waals surface area (Å²) in [5, 5.41) is 4.98. The van der Waals surface area contributed by atoms with E-state index in [1.54, 1.807) is 35.2 Å². The molecule has 0 unspecified atom stereocenters. The van der Waals surface area contributed by atoms with Crippen LogP contribution in [0, 0.1) is 5.92 Å². The molecule has 2 aromatic rings. The van der Waals surface area contributed by atoms with Gasteiger partial charge >= 0.3 is 0 Å². The maximum Gasteiger partial charge on any atom is 0.253 e. The first-order chi connectivity index (χ1) is 13.0. The highest BCUT2D eigenvalue weighted by atomic mass is 35.5. The summed E-state index contributed by atoms with van der Waals surface area (Å²) >= 11 is 11.9. The average Bonchev–Trinajstić information content (AvgIpc) is 2.70. The van der Waals surface area contributed by atoms with E-state index in [9.17, 15) is 9.59 Å². The molecule has 2 aromatic carbocycles. The van der Waals surface area contributed by atoms with Gasteiger partial charge in [-0.15, -0.1) is 0 Å². The second-order valence-electron chi connectivity index (χ2n) is 6.33. The van der Waals surface area contributed by atoms with Crippen LogP contribution < -0.4 is 5.43 Å². The van der Waals surface area contributed by atoms with Gasteiger partial charge in [-0.1, -0.05) is 47.5 Å². The van der Waals surface area contributed by atoms with Crippen LogP contribution in [0.4, 0.5) is 0 Å². The Morgan fingerprint density at radius 2 is 1.78 bits per heavy atom. The molecule has 0 bridgehead atoms. The van der Waals surface area contributed by atoms with Crippen LogP contribution in [0.5, 0.6) is 0 Å². The summed E-state index contributed by atoms with van der Waals surface area (Å²) in [6.07, 6.45) is 2.72. The lowest BCUT2D eigenvalue weighted by Gasteiger charge is -2.31. The summed E-state index contributed by atoms with van der Waals surface area (Å²) in [6.45, 7) is 1.11. The fourth-order valence-corrected chi connectivity index (χ4v) is 3.43. The molecule has 0 saturated carbocycles. The molecule has 0 aliphatic carbocycles. The van der Waals surface area contributed by atoms with E-state index in [1.165, 1.54) is 6.21 Å². The van der Waals surface area contributed by atoms with Gasteiger partial charge in [0.05, 0.1) is 11.2 Å². The van der Waals surface area contributed by atoms with Crippen LogP contribution >= 0.6 is 23.2 Å². The molecule has 0 atom stereocenters. The Balaban J connectivity index is 1.50. The molecule has 1 aliphatic heterocycles. The summed E-state index contributed by atoms with van der Waals surface area (Å²) in [4.78, 5) is 26.5. The minimum absolute atomic E-state index is 0.00450. The van der Waals surface area contributed by atoms with Crippen molar-refractivity contribution in [3.63, 3.8) is 0 Å². The van der Waals surface area contributed by atoms with Crippen molar-refractivity contribution < 1.29 is 9.59 Å². The van der Waals surface area contributed by atoms with Crippen LogP contribution in [0.3, 0.4) is 0 Å². The average molecular weight is 404 g/mol. The molecule has 0 spiro atoms. The summed E-state index contributed by atoms with van der Waals surface area (Å²) in [6, 6.07) is 14.2. The predicted octanol–water partition coefficient (Wildman–Crippen LogP) is 4.00. The molecule has 27 heavy (non-hydrogen) atoms. The summed E-state index contributed by atoms with van der Waals surface area (Å²) in [5.74, 6) is -0.310. The van der Waals surface area contributed by atoms with E-state index in [2.05, 4.69) is 10.5 Å². The molecule has 0 aromatic heterocycles. The van der Waals surface area contributed by atoms with Crippen LogP contribution in [0.25, 0.3) is 0 Å². The van der Waals surface area contributed by atoms with Gasteiger partial charge in [-0.25, -0.2) is 5.43 Å². The third-order valence-electron chi connectivity index (χ3n) is 4.51. The molecule has 1 aliphatic rings. The topological polar surface area (TPSA) is 61.8 Å². The zero-order valence-corrected chi connectivity index (χ0v) is 16.1. The van der Waals surface area contributed by atoms with Gasteiger partial charge in [-0.2, -0.15) is 5.10 Å². The van der Waals surface area contributed by atoms with Gasteiger partial charge in [0.15, 0.2) is 0 Å². The molecular weight excluding hydrogens is 385 g/mol. The van der Waals surface area contributed by atoms with E-state index in [4.69, 9.17) is 23.2 Å². The standard InChI is InChI=1S/C20H19Cl2N3O2/c21-17-7-6-16(18(22)12-17)13-23-24-19(26)14-8-10-25(11-9-14)20(27)15-4-2-1-3-5-15/h1-7,12-14H,8-11H2,(H,24,26)/b23-13-. The lowest BCUT2D eigenvalue weighted by Crippen LogP contribution is -2.42. The molecule has 2 amide bonds. The molecule has 7 heteroatoms. The van der Waals surface area contributed by atoms with Gasteiger partial charge in [-0.3, -0.25) is 9.59 Å². The van der Waals surface area contributed by atoms with E-state index >= 15 is 0 Å². The lowest BCUT2D eigenvalue weighted by atomic mass is 9.95. The Bertz CT molecular complexity index is 848. The van der Waals surface area contributed by atoms with E-state index in [0.717, 1.165) is 0 Å². The van der Waals surface area contributed by atoms with E-state index in [-0.39, 0.29) is 17.7 Å². The zero-order valence-electron chi connectivity index (χ0n) is 14.6. The van der Waals surface area contributed by atoms with Gasteiger partial charge in [0.2, 0.25) is 5.91 Å². The SMILES string of the molecule is O=C(N/N=C\c1ccc(Cl)cc1Cl)C1CCN(C(=O)c2ccccc2)CC1. The number of nitrogens with zero attached hydrogens (tertiary/aromatic N) is 2. The van der Waals surface area contributed by atoms with Gasteiger partial charge in [0.25, 0.3) is 5.91 Å². The predicted molar refractivity (Wildman–Crippen MR) is 107 cm³/mol. The van der Waals surface area contributed by atoms with Gasteiger partial charge < -0.3 is 4.90 Å². The fraction of sp³-hybridized carbons (Fsp3) is 0.250. The molecule has 140 valence electrons. The monoisotopic (exact) mass is 403 g/mol. The van der Waals surface area contributed by atoms with Gasteiger partial charge in [0.1, 0.15) is 0 Å². The van der Waals surface area contributed by atoms with Crippen LogP contribution in [-0.4, -0.2) is 36.0 Å². The summed E-state index contributed by atoms with van der Waals surface area (Å²) < 4.78 is 0. The van der Waals surface area contributed by atoms with Crippen molar-refractivity contribution in [2.75, 3.05) is 13.1 Å². The molecule has 1 N–H and O–H groups in total. The number of likely N-dealkylation sites (tertiary alicyclic amines) is 1. The normalized spacial score (nSPS) is 15.1. The minimum Gasteiger partial charge on any atom is -0.339 e. The van der Waals surface area contributed by atoms with Crippen molar-refractivity contribution in [3.8, 4) is 0 Å². The maximum atomic E-state index is 12.4. The molecule has 1 saturated heterocycles. The molecule has 3 rings (SSSR count). The lowest BCUT2D eigenvalue weighted by molar-refractivity contribution is -0.126. The summed E-state index contributed by atoms with van der Waals surface area (Å²) in [5.41, 5.74) is 3.90. The van der Waals surface area contributed by atoms with Crippen molar-refractivity contribution in [1.29, 1.82) is 0 Å². The second kappa shape index (κ2) is 9.02. The molecule has 1 fully saturated rings. The van der Waals surface area contributed by atoms with Crippen LogP contribution in [0.2, 0.25) is 10.0 Å². The van der Waals surface area contributed by atoms with Crippen molar-refractivity contribution in [1.82, 2.24) is 10.3 Å². The summed E-state index contributed by atoms with van der Waals surface area (Å²) in [7, 11) is 0. The highest BCUT2D eigenvalue weighted by molar-refractivity contribution is 6.36. The Morgan fingerprint density at radius 3 is 2.44 bits per heavy atom. The minimum atomic E-state index is -0.164. The number of hydrazone groups is 1. The Morgan fingerprint density at radius 1 is 1.07 bits per heavy atom. The number of halogens is 2. The van der Waals surface area contributed by atoms with Crippen LogP contribution in [0.1, 0.15) is 28.8 Å². The maximum absolute atomic E-state index is 12.4. The Kier molecular flexibility index (Phi) is 6.48. The van der Waals surface area contributed by atoms with Crippen molar-refractivity contribution >= 4 is 41.2 Å². The van der Waals surface area contributed by atoms with Crippen LogP contribution in [0.15, 0.2) is 53.6 Å². The second-order valence-corrected chi connectivity index (χ2v) is 7.18. The van der Waals surface area contributed by atoms with Gasteiger partial charge in [0, 0.05) is 35.2 Å². The number of carbonyl (C=O) groups excluding carboxylic acids is 2. The molecule has 1 heterocycles. The number of rotatable bonds is 4.